The van der Waals surface area contributed by atoms with E-state index in [1.54, 1.807) is 24.3 Å². The summed E-state index contributed by atoms with van der Waals surface area (Å²) in [6.07, 6.45) is 0.950. The molecule has 8 nitrogen and oxygen atoms in total. The number of hydrogen-bond donors (Lipinski definition) is 3. The van der Waals surface area contributed by atoms with Crippen molar-refractivity contribution in [3.8, 4) is 0 Å². The van der Waals surface area contributed by atoms with Gasteiger partial charge in [-0.1, -0.05) is 67.6 Å². The van der Waals surface area contributed by atoms with Gasteiger partial charge in [0.25, 0.3) is 5.91 Å². The van der Waals surface area contributed by atoms with Gasteiger partial charge in [-0.25, -0.2) is 9.59 Å². The Morgan fingerprint density at radius 3 is 2.27 bits per heavy atom. The number of benzene rings is 2. The third-order valence-electron chi connectivity index (χ3n) is 4.84. The van der Waals surface area contributed by atoms with Gasteiger partial charge in [0.15, 0.2) is 5.54 Å². The minimum absolute atomic E-state index is 0.234. The molecule has 1 fully saturated rings. The maximum Gasteiger partial charge on any atom is 0.325 e. The van der Waals surface area contributed by atoms with Gasteiger partial charge < -0.3 is 10.6 Å². The fraction of sp³-hybridized carbons (Fsp3) is 0.273. The molecule has 1 atom stereocenters. The van der Waals surface area contributed by atoms with Crippen LogP contribution in [0.25, 0.3) is 0 Å². The molecule has 6 amide bonds. The number of carbonyl (C=O) groups excluding carboxylic acids is 4. The largest absolute Gasteiger partial charge is 0.338 e. The standard InChI is InChI=1S/C22H24N4O4/c1-2-13-23-20(29)24-18(27)15-26-19(28)22(25-21(26)30,17-11-7-4-8-12-17)14-16-9-5-3-6-10-16/h3-12H,2,13-15H2,1H3,(H,25,30)(H2,23,24,27,29)/t22-/m1/s1. The third-order valence-corrected chi connectivity index (χ3v) is 4.84. The predicted molar refractivity (Wildman–Crippen MR) is 110 cm³/mol. The smallest absolute Gasteiger partial charge is 0.325 e. The number of nitrogens with zero attached hydrogens (tertiary/aromatic N) is 1. The van der Waals surface area contributed by atoms with Gasteiger partial charge in [-0.15, -0.1) is 0 Å². The Morgan fingerprint density at radius 2 is 1.63 bits per heavy atom. The molecule has 3 N–H and O–H groups in total. The SMILES string of the molecule is CCCNC(=O)NC(=O)CN1C(=O)N[C@](Cc2ccccc2)(c2ccccc2)C1=O. The van der Waals surface area contributed by atoms with Crippen molar-refractivity contribution in [2.45, 2.75) is 25.3 Å². The molecule has 0 spiro atoms. The van der Waals surface area contributed by atoms with Gasteiger partial charge in [0.2, 0.25) is 5.91 Å². The van der Waals surface area contributed by atoms with Gasteiger partial charge in [-0.05, 0) is 17.5 Å². The number of amides is 6. The van der Waals surface area contributed by atoms with Crippen LogP contribution in [-0.4, -0.2) is 41.9 Å². The first-order chi connectivity index (χ1) is 14.5. The molecule has 156 valence electrons. The average Bonchev–Trinajstić information content (AvgIpc) is 2.98. The summed E-state index contributed by atoms with van der Waals surface area (Å²) in [5, 5.41) is 7.43. The second kappa shape index (κ2) is 9.21. The monoisotopic (exact) mass is 408 g/mol. The molecular weight excluding hydrogens is 384 g/mol. The molecule has 1 heterocycles. The highest BCUT2D eigenvalue weighted by atomic mass is 16.2. The molecule has 2 aromatic carbocycles. The molecule has 0 radical (unpaired) electrons. The molecule has 1 aliphatic heterocycles. The van der Waals surface area contributed by atoms with E-state index in [4.69, 9.17) is 0 Å². The first-order valence-corrected chi connectivity index (χ1v) is 9.77. The van der Waals surface area contributed by atoms with Crippen molar-refractivity contribution >= 4 is 23.9 Å². The number of imide groups is 2. The van der Waals surface area contributed by atoms with Crippen LogP contribution >= 0.6 is 0 Å². The summed E-state index contributed by atoms with van der Waals surface area (Å²) < 4.78 is 0. The summed E-state index contributed by atoms with van der Waals surface area (Å²) in [6, 6.07) is 16.9. The summed E-state index contributed by atoms with van der Waals surface area (Å²) in [5.41, 5.74) is 0.154. The zero-order valence-corrected chi connectivity index (χ0v) is 16.7. The van der Waals surface area contributed by atoms with Gasteiger partial charge in [0, 0.05) is 13.0 Å². The van der Waals surface area contributed by atoms with Crippen molar-refractivity contribution in [3.63, 3.8) is 0 Å². The topological polar surface area (TPSA) is 108 Å². The quantitative estimate of drug-likeness (QED) is 0.608. The van der Waals surface area contributed by atoms with Crippen LogP contribution in [-0.2, 0) is 21.5 Å². The first-order valence-electron chi connectivity index (χ1n) is 9.77. The van der Waals surface area contributed by atoms with Crippen molar-refractivity contribution in [2.75, 3.05) is 13.1 Å². The lowest BCUT2D eigenvalue weighted by atomic mass is 9.83. The maximum absolute atomic E-state index is 13.4. The van der Waals surface area contributed by atoms with E-state index in [0.29, 0.717) is 18.5 Å². The highest BCUT2D eigenvalue weighted by molar-refractivity contribution is 6.10. The highest BCUT2D eigenvalue weighted by Gasteiger charge is 2.52. The minimum Gasteiger partial charge on any atom is -0.338 e. The Balaban J connectivity index is 1.83. The molecule has 1 saturated heterocycles. The first kappa shape index (κ1) is 21.0. The summed E-state index contributed by atoms with van der Waals surface area (Å²) in [6.45, 7) is 1.75. The van der Waals surface area contributed by atoms with E-state index in [0.717, 1.165) is 10.5 Å². The van der Waals surface area contributed by atoms with Crippen molar-refractivity contribution < 1.29 is 19.2 Å². The number of nitrogens with one attached hydrogen (secondary N) is 3. The maximum atomic E-state index is 13.4. The number of hydrogen-bond acceptors (Lipinski definition) is 4. The molecule has 8 heteroatoms. The third kappa shape index (κ3) is 4.48. The van der Waals surface area contributed by atoms with Crippen LogP contribution in [0.2, 0.25) is 0 Å². The van der Waals surface area contributed by atoms with Crippen LogP contribution in [0.15, 0.2) is 60.7 Å². The molecule has 0 aliphatic carbocycles. The van der Waals surface area contributed by atoms with Crippen molar-refractivity contribution in [2.24, 2.45) is 0 Å². The van der Waals surface area contributed by atoms with Crippen molar-refractivity contribution in [1.29, 1.82) is 0 Å². The number of urea groups is 2. The van der Waals surface area contributed by atoms with E-state index < -0.39 is 36.0 Å². The van der Waals surface area contributed by atoms with E-state index >= 15 is 0 Å². The van der Waals surface area contributed by atoms with Crippen LogP contribution in [0.4, 0.5) is 9.59 Å². The van der Waals surface area contributed by atoms with Crippen LogP contribution in [0, 0.1) is 0 Å². The van der Waals surface area contributed by atoms with Crippen LogP contribution in [0.3, 0.4) is 0 Å². The summed E-state index contributed by atoms with van der Waals surface area (Å²) in [5.74, 6) is -1.28. The Labute approximate surface area is 174 Å². The molecule has 0 bridgehead atoms. The molecular formula is C22H24N4O4. The Morgan fingerprint density at radius 1 is 1.00 bits per heavy atom. The highest BCUT2D eigenvalue weighted by Crippen LogP contribution is 2.32. The Bertz CT molecular complexity index is 933. The minimum atomic E-state index is -1.33. The lowest BCUT2D eigenvalue weighted by molar-refractivity contribution is -0.135. The zero-order chi connectivity index (χ0) is 21.6. The molecule has 30 heavy (non-hydrogen) atoms. The normalized spacial score (nSPS) is 18.1. The summed E-state index contributed by atoms with van der Waals surface area (Å²) in [4.78, 5) is 50.8. The van der Waals surface area contributed by atoms with Crippen LogP contribution < -0.4 is 16.0 Å². The summed E-state index contributed by atoms with van der Waals surface area (Å²) in [7, 11) is 0. The second-order valence-electron chi connectivity index (χ2n) is 7.06. The number of carbonyl (C=O) groups is 4. The zero-order valence-electron chi connectivity index (χ0n) is 16.7. The lowest BCUT2D eigenvalue weighted by Gasteiger charge is -2.27. The Hall–Kier alpha value is -3.68. The fourth-order valence-electron chi connectivity index (χ4n) is 3.40. The predicted octanol–water partition coefficient (Wildman–Crippen LogP) is 1.91. The molecule has 0 unspecified atom stereocenters. The second-order valence-corrected chi connectivity index (χ2v) is 7.06. The van der Waals surface area contributed by atoms with Gasteiger partial charge in [0.1, 0.15) is 6.54 Å². The Kier molecular flexibility index (Phi) is 6.46. The van der Waals surface area contributed by atoms with E-state index in [9.17, 15) is 19.2 Å². The van der Waals surface area contributed by atoms with E-state index in [1.807, 2.05) is 43.3 Å². The average molecular weight is 408 g/mol. The van der Waals surface area contributed by atoms with Crippen molar-refractivity contribution in [3.05, 3.63) is 71.8 Å². The molecule has 2 aromatic rings. The van der Waals surface area contributed by atoms with Crippen LogP contribution in [0.5, 0.6) is 0 Å². The van der Waals surface area contributed by atoms with E-state index in [-0.39, 0.29) is 6.42 Å². The van der Waals surface area contributed by atoms with Gasteiger partial charge in [-0.2, -0.15) is 0 Å². The molecule has 0 saturated carbocycles. The van der Waals surface area contributed by atoms with E-state index in [2.05, 4.69) is 16.0 Å². The van der Waals surface area contributed by atoms with E-state index in [1.165, 1.54) is 0 Å². The van der Waals surface area contributed by atoms with Gasteiger partial charge in [0.05, 0.1) is 0 Å². The summed E-state index contributed by atoms with van der Waals surface area (Å²) >= 11 is 0. The number of rotatable bonds is 7. The lowest BCUT2D eigenvalue weighted by Crippen LogP contribution is -2.48. The fourth-order valence-corrected chi connectivity index (χ4v) is 3.40. The van der Waals surface area contributed by atoms with Gasteiger partial charge in [-0.3, -0.25) is 19.8 Å². The molecule has 3 rings (SSSR count). The van der Waals surface area contributed by atoms with Crippen molar-refractivity contribution in [1.82, 2.24) is 20.9 Å². The molecule has 0 aromatic heterocycles. The molecule has 1 aliphatic rings. The van der Waals surface area contributed by atoms with Crippen LogP contribution in [0.1, 0.15) is 24.5 Å². The van der Waals surface area contributed by atoms with Gasteiger partial charge >= 0.3 is 12.1 Å².